The van der Waals surface area contributed by atoms with Gasteiger partial charge in [-0.3, -0.25) is 18.9 Å². The summed E-state index contributed by atoms with van der Waals surface area (Å²) in [5, 5.41) is 0. The first kappa shape index (κ1) is 21.0. The summed E-state index contributed by atoms with van der Waals surface area (Å²) in [6.07, 6.45) is 4.21. The molecular formula is C21H25N5O2S2. The van der Waals surface area contributed by atoms with Crippen molar-refractivity contribution in [1.82, 2.24) is 19.2 Å². The lowest BCUT2D eigenvalue weighted by Crippen LogP contribution is -2.45. The highest BCUT2D eigenvalue weighted by Crippen LogP contribution is 2.35. The van der Waals surface area contributed by atoms with E-state index in [1.807, 2.05) is 26.0 Å². The fourth-order valence-electron chi connectivity index (χ4n) is 3.65. The summed E-state index contributed by atoms with van der Waals surface area (Å²) < 4.78 is 2.07. The van der Waals surface area contributed by atoms with E-state index < -0.39 is 0 Å². The van der Waals surface area contributed by atoms with E-state index in [9.17, 15) is 9.59 Å². The summed E-state index contributed by atoms with van der Waals surface area (Å²) in [5.74, 6) is 0.495. The number of nitrogens with zero attached hydrogens (tertiary/aromatic N) is 5. The normalized spacial score (nSPS) is 20.6. The zero-order valence-corrected chi connectivity index (χ0v) is 19.0. The SMILES string of the molecule is CC[C@H](C)N1C(=O)/C(=C/c2c(N3CCN(C)CC3)nc3ccccn3c2=O)SC1=S. The van der Waals surface area contributed by atoms with Gasteiger partial charge in [0.1, 0.15) is 15.8 Å². The van der Waals surface area contributed by atoms with E-state index in [1.165, 1.54) is 16.2 Å². The largest absolute Gasteiger partial charge is 0.353 e. The molecule has 7 nitrogen and oxygen atoms in total. The number of amides is 1. The number of hydrogen-bond acceptors (Lipinski definition) is 7. The maximum absolute atomic E-state index is 13.4. The van der Waals surface area contributed by atoms with Crippen LogP contribution in [0.2, 0.25) is 0 Å². The lowest BCUT2D eigenvalue weighted by Gasteiger charge is -2.34. The van der Waals surface area contributed by atoms with Crippen molar-refractivity contribution >= 4 is 51.7 Å². The minimum Gasteiger partial charge on any atom is -0.353 e. The van der Waals surface area contributed by atoms with Gasteiger partial charge in [0.25, 0.3) is 11.5 Å². The van der Waals surface area contributed by atoms with Gasteiger partial charge < -0.3 is 9.80 Å². The second-order valence-electron chi connectivity index (χ2n) is 7.68. The summed E-state index contributed by atoms with van der Waals surface area (Å²) in [5.41, 5.74) is 0.858. The van der Waals surface area contributed by atoms with Crippen LogP contribution in [0.1, 0.15) is 25.8 Å². The Morgan fingerprint density at radius 3 is 2.67 bits per heavy atom. The number of thiocarbonyl (C=S) groups is 1. The molecule has 2 aliphatic rings. The number of hydrogen-bond donors (Lipinski definition) is 0. The molecule has 4 heterocycles. The molecule has 2 aromatic rings. The number of aromatic nitrogens is 2. The van der Waals surface area contributed by atoms with Crippen molar-refractivity contribution in [2.45, 2.75) is 26.3 Å². The average Bonchev–Trinajstić information content (AvgIpc) is 3.03. The van der Waals surface area contributed by atoms with Crippen LogP contribution in [0.3, 0.4) is 0 Å². The molecule has 1 atom stereocenters. The fourth-order valence-corrected chi connectivity index (χ4v) is 5.09. The van der Waals surface area contributed by atoms with Gasteiger partial charge >= 0.3 is 0 Å². The molecule has 158 valence electrons. The Labute approximate surface area is 185 Å². The number of likely N-dealkylation sites (N-methyl/N-ethyl adjacent to an activating group) is 1. The number of carbonyl (C=O) groups is 1. The van der Waals surface area contributed by atoms with Crippen LogP contribution in [-0.4, -0.2) is 68.7 Å². The van der Waals surface area contributed by atoms with Crippen molar-refractivity contribution < 1.29 is 4.79 Å². The van der Waals surface area contributed by atoms with Crippen LogP contribution in [0, 0.1) is 0 Å². The molecular weight excluding hydrogens is 418 g/mol. The second-order valence-corrected chi connectivity index (χ2v) is 9.36. The predicted octanol–water partition coefficient (Wildman–Crippen LogP) is 2.45. The maximum atomic E-state index is 13.4. The van der Waals surface area contributed by atoms with Crippen LogP contribution in [0.15, 0.2) is 34.1 Å². The van der Waals surface area contributed by atoms with E-state index in [1.54, 1.807) is 23.2 Å². The van der Waals surface area contributed by atoms with Gasteiger partial charge in [-0.25, -0.2) is 4.98 Å². The molecule has 0 radical (unpaired) electrons. The summed E-state index contributed by atoms with van der Waals surface area (Å²) in [6, 6.07) is 5.52. The Bertz CT molecular complexity index is 1090. The number of fused-ring (bicyclic) bond motifs is 1. The molecule has 0 bridgehead atoms. The molecule has 0 aliphatic carbocycles. The molecule has 0 unspecified atom stereocenters. The minimum absolute atomic E-state index is 0.0244. The molecule has 2 fully saturated rings. The van der Waals surface area contributed by atoms with Crippen LogP contribution < -0.4 is 10.5 Å². The summed E-state index contributed by atoms with van der Waals surface area (Å²) >= 11 is 6.70. The van der Waals surface area contributed by atoms with Gasteiger partial charge in [-0.1, -0.05) is 37.0 Å². The average molecular weight is 444 g/mol. The standard InChI is InChI=1S/C21H25N5O2S2/c1-4-14(2)26-20(28)16(30-21(26)29)13-15-18(24-11-9-23(3)10-12-24)22-17-7-5-6-8-25(17)19(15)27/h5-8,13-14H,4,9-12H2,1-3H3/b16-13-/t14-/m0/s1. The third-order valence-corrected chi connectivity index (χ3v) is 7.01. The van der Waals surface area contributed by atoms with E-state index >= 15 is 0 Å². The molecule has 30 heavy (non-hydrogen) atoms. The molecule has 0 saturated carbocycles. The topological polar surface area (TPSA) is 61.2 Å². The molecule has 2 saturated heterocycles. The van der Waals surface area contributed by atoms with Crippen LogP contribution in [-0.2, 0) is 4.79 Å². The van der Waals surface area contributed by atoms with Gasteiger partial charge in [-0.2, -0.15) is 0 Å². The van der Waals surface area contributed by atoms with Crippen LogP contribution in [0.4, 0.5) is 5.82 Å². The highest BCUT2D eigenvalue weighted by Gasteiger charge is 2.35. The van der Waals surface area contributed by atoms with Crippen molar-refractivity contribution in [3.05, 3.63) is 45.2 Å². The Kier molecular flexibility index (Phi) is 5.95. The predicted molar refractivity (Wildman–Crippen MR) is 126 cm³/mol. The molecule has 2 aromatic heterocycles. The Hall–Kier alpha value is -2.23. The van der Waals surface area contributed by atoms with Gasteiger partial charge in [0, 0.05) is 38.4 Å². The number of anilines is 1. The number of carbonyl (C=O) groups excluding carboxylic acids is 1. The van der Waals surface area contributed by atoms with E-state index in [2.05, 4.69) is 16.8 Å². The van der Waals surface area contributed by atoms with Crippen molar-refractivity contribution in [2.75, 3.05) is 38.1 Å². The Morgan fingerprint density at radius 2 is 1.97 bits per heavy atom. The first-order valence-corrected chi connectivity index (χ1v) is 11.3. The van der Waals surface area contributed by atoms with E-state index in [4.69, 9.17) is 17.2 Å². The zero-order chi connectivity index (χ0) is 21.4. The van der Waals surface area contributed by atoms with Gasteiger partial charge in [0.2, 0.25) is 0 Å². The molecule has 9 heteroatoms. The third kappa shape index (κ3) is 3.77. The number of thioether (sulfide) groups is 1. The van der Waals surface area contributed by atoms with E-state index in [0.717, 1.165) is 32.6 Å². The highest BCUT2D eigenvalue weighted by atomic mass is 32.2. The first-order valence-electron chi connectivity index (χ1n) is 10.1. The number of piperazine rings is 1. The third-order valence-electron chi connectivity index (χ3n) is 5.68. The number of pyridine rings is 1. The highest BCUT2D eigenvalue weighted by molar-refractivity contribution is 8.26. The Balaban J connectivity index is 1.83. The monoisotopic (exact) mass is 443 g/mol. The molecule has 0 aromatic carbocycles. The second kappa shape index (κ2) is 8.49. The maximum Gasteiger partial charge on any atom is 0.267 e. The number of rotatable bonds is 4. The molecule has 4 rings (SSSR count). The van der Waals surface area contributed by atoms with Crippen LogP contribution in [0.25, 0.3) is 11.7 Å². The first-order chi connectivity index (χ1) is 14.4. The van der Waals surface area contributed by atoms with Crippen LogP contribution >= 0.6 is 24.0 Å². The van der Waals surface area contributed by atoms with Crippen molar-refractivity contribution in [3.63, 3.8) is 0 Å². The smallest absolute Gasteiger partial charge is 0.267 e. The molecule has 0 N–H and O–H groups in total. The van der Waals surface area contributed by atoms with Crippen LogP contribution in [0.5, 0.6) is 0 Å². The minimum atomic E-state index is -0.177. The van der Waals surface area contributed by atoms with Crippen molar-refractivity contribution in [2.24, 2.45) is 0 Å². The lowest BCUT2D eigenvalue weighted by atomic mass is 10.2. The summed E-state index contributed by atoms with van der Waals surface area (Å²) in [4.78, 5) is 37.7. The summed E-state index contributed by atoms with van der Waals surface area (Å²) in [7, 11) is 2.08. The molecule has 2 aliphatic heterocycles. The van der Waals surface area contributed by atoms with Crippen molar-refractivity contribution in [1.29, 1.82) is 0 Å². The molecule has 0 spiro atoms. The zero-order valence-electron chi connectivity index (χ0n) is 17.4. The van der Waals surface area contributed by atoms with Gasteiger partial charge in [-0.15, -0.1) is 0 Å². The van der Waals surface area contributed by atoms with Gasteiger partial charge in [0.05, 0.1) is 10.5 Å². The lowest BCUT2D eigenvalue weighted by molar-refractivity contribution is -0.123. The van der Waals surface area contributed by atoms with Gasteiger partial charge in [0.15, 0.2) is 0 Å². The Morgan fingerprint density at radius 1 is 1.23 bits per heavy atom. The summed E-state index contributed by atoms with van der Waals surface area (Å²) in [6.45, 7) is 7.35. The fraction of sp³-hybridized carbons (Fsp3) is 0.429. The van der Waals surface area contributed by atoms with Crippen molar-refractivity contribution in [3.8, 4) is 0 Å². The quantitative estimate of drug-likeness (QED) is 0.531. The van der Waals surface area contributed by atoms with E-state index in [0.29, 0.717) is 26.3 Å². The molecule has 1 amide bonds. The van der Waals surface area contributed by atoms with Gasteiger partial charge in [-0.05, 0) is 38.6 Å². The van der Waals surface area contributed by atoms with E-state index in [-0.39, 0.29) is 17.5 Å².